The van der Waals surface area contributed by atoms with E-state index < -0.39 is 0 Å². The van der Waals surface area contributed by atoms with Crippen LogP contribution in [0.1, 0.15) is 17.3 Å². The fraction of sp³-hybridized carbons (Fsp3) is 0.333. The highest BCUT2D eigenvalue weighted by Crippen LogP contribution is 2.21. The first-order chi connectivity index (χ1) is 11.3. The average molecular weight is 311 g/mol. The van der Waals surface area contributed by atoms with E-state index in [9.17, 15) is 4.79 Å². The quantitative estimate of drug-likeness (QED) is 0.870. The minimum atomic E-state index is 0.0597. The maximum atomic E-state index is 12.4. The Morgan fingerprint density at radius 2 is 1.87 bits per heavy atom. The number of amides is 1. The van der Waals surface area contributed by atoms with E-state index in [0.717, 1.165) is 31.9 Å². The highest BCUT2D eigenvalue weighted by atomic mass is 16.5. The van der Waals surface area contributed by atoms with Crippen LogP contribution in [0, 0.1) is 0 Å². The third-order valence-corrected chi connectivity index (χ3v) is 3.99. The molecule has 1 aromatic carbocycles. The van der Waals surface area contributed by atoms with Gasteiger partial charge in [0.2, 0.25) is 0 Å². The van der Waals surface area contributed by atoms with Crippen molar-refractivity contribution in [1.29, 1.82) is 0 Å². The molecule has 0 unspecified atom stereocenters. The monoisotopic (exact) mass is 311 g/mol. The third-order valence-electron chi connectivity index (χ3n) is 3.99. The second-order valence-corrected chi connectivity index (χ2v) is 5.45. The molecule has 1 amide bonds. The number of rotatable bonds is 4. The molecule has 0 atom stereocenters. The van der Waals surface area contributed by atoms with Crippen molar-refractivity contribution < 1.29 is 9.53 Å². The van der Waals surface area contributed by atoms with Crippen molar-refractivity contribution in [2.24, 2.45) is 0 Å². The molecule has 120 valence electrons. The van der Waals surface area contributed by atoms with Crippen molar-refractivity contribution in [3.05, 3.63) is 54.4 Å². The van der Waals surface area contributed by atoms with Gasteiger partial charge in [0.15, 0.2) is 0 Å². The number of hydrogen-bond acceptors (Lipinski definition) is 4. The van der Waals surface area contributed by atoms with Gasteiger partial charge in [0.25, 0.3) is 5.91 Å². The van der Waals surface area contributed by atoms with Gasteiger partial charge in [-0.1, -0.05) is 0 Å². The summed E-state index contributed by atoms with van der Waals surface area (Å²) >= 11 is 0. The second kappa shape index (κ2) is 7.13. The summed E-state index contributed by atoms with van der Waals surface area (Å²) in [5, 5.41) is 0. The Morgan fingerprint density at radius 1 is 1.13 bits per heavy atom. The van der Waals surface area contributed by atoms with Gasteiger partial charge in [-0.05, 0) is 43.3 Å². The zero-order valence-electron chi connectivity index (χ0n) is 13.3. The first kappa shape index (κ1) is 15.3. The van der Waals surface area contributed by atoms with Crippen LogP contribution in [0.25, 0.3) is 0 Å². The topological polar surface area (TPSA) is 45.7 Å². The number of carbonyl (C=O) groups is 1. The van der Waals surface area contributed by atoms with Gasteiger partial charge < -0.3 is 14.5 Å². The summed E-state index contributed by atoms with van der Waals surface area (Å²) in [4.78, 5) is 20.6. The summed E-state index contributed by atoms with van der Waals surface area (Å²) in [5.41, 5.74) is 1.82. The molecule has 0 spiro atoms. The van der Waals surface area contributed by atoms with E-state index in [1.165, 1.54) is 5.69 Å². The van der Waals surface area contributed by atoms with E-state index in [2.05, 4.69) is 22.0 Å². The Hall–Kier alpha value is -2.56. The predicted molar refractivity (Wildman–Crippen MR) is 90.0 cm³/mol. The Bertz CT molecular complexity index is 635. The maximum absolute atomic E-state index is 12.4. The SMILES string of the molecule is CCOc1ccc(N2CCN(C(=O)c3cccnc3)CC2)cc1. The molecule has 5 heteroatoms. The lowest BCUT2D eigenvalue weighted by molar-refractivity contribution is 0.0746. The maximum Gasteiger partial charge on any atom is 0.255 e. The minimum Gasteiger partial charge on any atom is -0.494 e. The molecule has 1 fully saturated rings. The van der Waals surface area contributed by atoms with E-state index in [1.54, 1.807) is 18.5 Å². The molecule has 0 bridgehead atoms. The Labute approximate surface area is 136 Å². The van der Waals surface area contributed by atoms with Gasteiger partial charge in [0, 0.05) is 44.3 Å². The second-order valence-electron chi connectivity index (χ2n) is 5.45. The molecule has 3 rings (SSSR count). The summed E-state index contributed by atoms with van der Waals surface area (Å²) in [6.45, 7) is 5.77. The van der Waals surface area contributed by atoms with Crippen LogP contribution in [0.3, 0.4) is 0 Å². The van der Waals surface area contributed by atoms with Crippen molar-refractivity contribution in [3.63, 3.8) is 0 Å². The number of nitrogens with zero attached hydrogens (tertiary/aromatic N) is 3. The molecule has 1 saturated heterocycles. The van der Waals surface area contributed by atoms with E-state index in [1.807, 2.05) is 30.0 Å². The van der Waals surface area contributed by atoms with Gasteiger partial charge in [-0.3, -0.25) is 9.78 Å². The van der Waals surface area contributed by atoms with Crippen LogP contribution >= 0.6 is 0 Å². The number of carbonyl (C=O) groups excluding carboxylic acids is 1. The zero-order valence-corrected chi connectivity index (χ0v) is 13.3. The van der Waals surface area contributed by atoms with E-state index in [-0.39, 0.29) is 5.91 Å². The number of aromatic nitrogens is 1. The summed E-state index contributed by atoms with van der Waals surface area (Å²) in [6.07, 6.45) is 3.31. The van der Waals surface area contributed by atoms with Crippen LogP contribution in [0.2, 0.25) is 0 Å². The van der Waals surface area contributed by atoms with Crippen molar-refractivity contribution in [2.75, 3.05) is 37.7 Å². The summed E-state index contributed by atoms with van der Waals surface area (Å²) in [5.74, 6) is 0.950. The van der Waals surface area contributed by atoms with Gasteiger partial charge in [0.1, 0.15) is 5.75 Å². The van der Waals surface area contributed by atoms with Crippen molar-refractivity contribution in [2.45, 2.75) is 6.92 Å². The molecule has 1 aliphatic heterocycles. The lowest BCUT2D eigenvalue weighted by Gasteiger charge is -2.36. The molecular formula is C18H21N3O2. The largest absolute Gasteiger partial charge is 0.494 e. The molecule has 0 radical (unpaired) electrons. The first-order valence-corrected chi connectivity index (χ1v) is 7.95. The molecule has 0 saturated carbocycles. The standard InChI is InChI=1S/C18H21N3O2/c1-2-23-17-7-5-16(6-8-17)20-10-12-21(13-11-20)18(22)15-4-3-9-19-14-15/h3-9,14H,2,10-13H2,1H3. The van der Waals surface area contributed by atoms with E-state index in [0.29, 0.717) is 12.2 Å². The van der Waals surface area contributed by atoms with Crippen molar-refractivity contribution in [3.8, 4) is 5.75 Å². The van der Waals surface area contributed by atoms with Crippen molar-refractivity contribution >= 4 is 11.6 Å². The molecule has 0 N–H and O–H groups in total. The lowest BCUT2D eigenvalue weighted by atomic mass is 10.2. The minimum absolute atomic E-state index is 0.0597. The number of piperazine rings is 1. The van der Waals surface area contributed by atoms with Crippen LogP contribution < -0.4 is 9.64 Å². The summed E-state index contributed by atoms with van der Waals surface area (Å²) in [6, 6.07) is 11.7. The smallest absolute Gasteiger partial charge is 0.255 e. The number of benzene rings is 1. The molecular weight excluding hydrogens is 290 g/mol. The van der Waals surface area contributed by atoms with Gasteiger partial charge in [0.05, 0.1) is 12.2 Å². The normalized spacial score (nSPS) is 14.7. The van der Waals surface area contributed by atoms with Crippen LogP contribution in [0.4, 0.5) is 5.69 Å². The van der Waals surface area contributed by atoms with Gasteiger partial charge >= 0.3 is 0 Å². The molecule has 0 aliphatic carbocycles. The number of anilines is 1. The molecule has 2 heterocycles. The Balaban J connectivity index is 1.59. The van der Waals surface area contributed by atoms with Crippen LogP contribution in [0.5, 0.6) is 5.75 Å². The first-order valence-electron chi connectivity index (χ1n) is 7.95. The van der Waals surface area contributed by atoms with E-state index in [4.69, 9.17) is 4.74 Å². The highest BCUT2D eigenvalue weighted by Gasteiger charge is 2.22. The molecule has 1 aliphatic rings. The molecule has 2 aromatic rings. The number of hydrogen-bond donors (Lipinski definition) is 0. The average Bonchev–Trinajstić information content (AvgIpc) is 2.63. The fourth-order valence-electron chi connectivity index (χ4n) is 2.76. The van der Waals surface area contributed by atoms with Gasteiger partial charge in [-0.25, -0.2) is 0 Å². The van der Waals surface area contributed by atoms with Gasteiger partial charge in [-0.2, -0.15) is 0 Å². The molecule has 23 heavy (non-hydrogen) atoms. The molecule has 5 nitrogen and oxygen atoms in total. The Kier molecular flexibility index (Phi) is 4.76. The fourth-order valence-corrected chi connectivity index (χ4v) is 2.76. The van der Waals surface area contributed by atoms with Crippen LogP contribution in [-0.2, 0) is 0 Å². The van der Waals surface area contributed by atoms with Gasteiger partial charge in [-0.15, -0.1) is 0 Å². The molecule has 1 aromatic heterocycles. The zero-order chi connectivity index (χ0) is 16.1. The lowest BCUT2D eigenvalue weighted by Crippen LogP contribution is -2.48. The Morgan fingerprint density at radius 3 is 2.48 bits per heavy atom. The number of ether oxygens (including phenoxy) is 1. The third kappa shape index (κ3) is 3.62. The van der Waals surface area contributed by atoms with E-state index >= 15 is 0 Å². The summed E-state index contributed by atoms with van der Waals surface area (Å²) in [7, 11) is 0. The van der Waals surface area contributed by atoms with Crippen LogP contribution in [0.15, 0.2) is 48.8 Å². The van der Waals surface area contributed by atoms with Crippen LogP contribution in [-0.4, -0.2) is 48.6 Å². The summed E-state index contributed by atoms with van der Waals surface area (Å²) < 4.78 is 5.47. The number of pyridine rings is 1. The van der Waals surface area contributed by atoms with Crippen molar-refractivity contribution in [1.82, 2.24) is 9.88 Å². The highest BCUT2D eigenvalue weighted by molar-refractivity contribution is 5.94. The predicted octanol–water partition coefficient (Wildman–Crippen LogP) is 2.44.